The second-order valence-electron chi connectivity index (χ2n) is 8.07. The molecule has 3 rings (SSSR count). The minimum Gasteiger partial charge on any atom is -0.412 e. The summed E-state index contributed by atoms with van der Waals surface area (Å²) < 4.78 is 69.4. The zero-order valence-electron chi connectivity index (χ0n) is 18.7. The van der Waals surface area contributed by atoms with Crippen molar-refractivity contribution in [3.8, 4) is 0 Å². The minimum atomic E-state index is -4.71. The highest BCUT2D eigenvalue weighted by Crippen LogP contribution is 2.39. The van der Waals surface area contributed by atoms with Gasteiger partial charge in [-0.3, -0.25) is 4.79 Å². The lowest BCUT2D eigenvalue weighted by Gasteiger charge is -2.33. The zero-order valence-corrected chi connectivity index (χ0v) is 19.5. The summed E-state index contributed by atoms with van der Waals surface area (Å²) in [5.41, 5.74) is 1.60. The van der Waals surface area contributed by atoms with Crippen LogP contribution in [0, 0.1) is 11.7 Å². The summed E-state index contributed by atoms with van der Waals surface area (Å²) in [5.74, 6) is -0.799. The lowest BCUT2D eigenvalue weighted by atomic mass is 9.99. The maximum atomic E-state index is 14.0. The van der Waals surface area contributed by atoms with Crippen LogP contribution < -0.4 is 0 Å². The Bertz CT molecular complexity index is 996. The van der Waals surface area contributed by atoms with E-state index in [1.165, 1.54) is 6.92 Å². The van der Waals surface area contributed by atoms with E-state index in [-0.39, 0.29) is 34.3 Å². The fourth-order valence-electron chi connectivity index (χ4n) is 3.89. The number of carbonyl (C=O) groups excluding carboxylic acids is 1. The van der Waals surface area contributed by atoms with Gasteiger partial charge < -0.3 is 10.4 Å². The first-order valence-corrected chi connectivity index (χ1v) is 11.5. The van der Waals surface area contributed by atoms with E-state index in [9.17, 15) is 26.6 Å². The van der Waals surface area contributed by atoms with Crippen molar-refractivity contribution in [2.45, 2.75) is 50.9 Å². The smallest absolute Gasteiger partial charge is 0.409 e. The maximum absolute atomic E-state index is 14.0. The maximum Gasteiger partial charge on any atom is 0.409 e. The van der Waals surface area contributed by atoms with Crippen molar-refractivity contribution in [3.05, 3.63) is 65.0 Å². The van der Waals surface area contributed by atoms with Crippen LogP contribution in [0.15, 0.2) is 47.4 Å². The van der Waals surface area contributed by atoms with Crippen molar-refractivity contribution >= 4 is 16.9 Å². The summed E-state index contributed by atoms with van der Waals surface area (Å²) in [5, 5.41) is 0. The molecule has 33 heavy (non-hydrogen) atoms. The Balaban J connectivity index is 0.00000385. The van der Waals surface area contributed by atoms with E-state index >= 15 is 0 Å². The number of rotatable bonds is 6. The normalized spacial score (nSPS) is 15.7. The van der Waals surface area contributed by atoms with Crippen LogP contribution in [-0.4, -0.2) is 44.1 Å². The second kappa shape index (κ2) is 10.8. The Labute approximate surface area is 193 Å². The molecule has 0 saturated heterocycles. The predicted octanol–water partition coefficient (Wildman–Crippen LogP) is 4.19. The number of carbonyl (C=O) groups is 1. The van der Waals surface area contributed by atoms with Crippen molar-refractivity contribution < 1.29 is 32.0 Å². The molecule has 2 N–H and O–H groups in total. The molecule has 5 nitrogen and oxygen atoms in total. The first-order valence-electron chi connectivity index (χ1n) is 10.4. The lowest BCUT2D eigenvalue weighted by molar-refractivity contribution is -0.172. The van der Waals surface area contributed by atoms with E-state index in [0.29, 0.717) is 19.5 Å². The summed E-state index contributed by atoms with van der Waals surface area (Å²) in [6.45, 7) is 5.91. The third-order valence-electron chi connectivity index (χ3n) is 5.51. The molecule has 2 aromatic carbocycles. The molecule has 0 aliphatic carbocycles. The van der Waals surface area contributed by atoms with Crippen LogP contribution >= 0.6 is 0 Å². The first-order chi connectivity index (χ1) is 15.0. The second-order valence-corrected chi connectivity index (χ2v) is 9.51. The quantitative estimate of drug-likeness (QED) is 0.572. The predicted molar refractivity (Wildman–Crippen MR) is 118 cm³/mol. The molecule has 2 aromatic rings. The molecule has 0 spiro atoms. The molecule has 0 fully saturated rings. The fraction of sp³-hybridized carbons (Fsp3) is 0.435. The Morgan fingerprint density at radius 3 is 2.30 bits per heavy atom. The van der Waals surface area contributed by atoms with Gasteiger partial charge in [0.2, 0.25) is 5.91 Å². The van der Waals surface area contributed by atoms with Gasteiger partial charge in [-0.05, 0) is 47.4 Å². The Kier molecular flexibility index (Phi) is 8.78. The molecule has 0 bridgehead atoms. The SMILES string of the molecule is CCN(C(c1ccc(F)cc1)C(F)(F)F)S(=O)c1ccc2c(c1)CN(C(=O)C(C)C)CC2.O. The number of hydrogen-bond donors (Lipinski definition) is 0. The van der Waals surface area contributed by atoms with E-state index in [1.54, 1.807) is 23.1 Å². The molecule has 1 amide bonds. The Morgan fingerprint density at radius 1 is 1.12 bits per heavy atom. The molecule has 0 radical (unpaired) electrons. The number of benzene rings is 2. The van der Waals surface area contributed by atoms with Gasteiger partial charge in [-0.1, -0.05) is 39.0 Å². The van der Waals surface area contributed by atoms with Crippen LogP contribution in [0.5, 0.6) is 0 Å². The lowest BCUT2D eigenvalue weighted by Crippen LogP contribution is -2.40. The van der Waals surface area contributed by atoms with E-state index in [2.05, 4.69) is 0 Å². The number of nitrogens with zero attached hydrogens (tertiary/aromatic N) is 2. The Morgan fingerprint density at radius 2 is 1.76 bits per heavy atom. The van der Waals surface area contributed by atoms with Crippen molar-refractivity contribution in [1.82, 2.24) is 9.21 Å². The van der Waals surface area contributed by atoms with Gasteiger partial charge >= 0.3 is 6.18 Å². The first kappa shape index (κ1) is 26.9. The molecule has 182 valence electrons. The van der Waals surface area contributed by atoms with Crippen molar-refractivity contribution in [2.75, 3.05) is 13.1 Å². The van der Waals surface area contributed by atoms with E-state index in [4.69, 9.17) is 0 Å². The molecule has 0 saturated carbocycles. The van der Waals surface area contributed by atoms with Gasteiger partial charge in [-0.2, -0.15) is 13.2 Å². The van der Waals surface area contributed by atoms with Crippen LogP contribution in [0.4, 0.5) is 17.6 Å². The summed E-state index contributed by atoms with van der Waals surface area (Å²) in [6.07, 6.45) is -4.07. The van der Waals surface area contributed by atoms with E-state index in [0.717, 1.165) is 39.7 Å². The molecule has 0 aromatic heterocycles. The van der Waals surface area contributed by atoms with Crippen LogP contribution in [0.2, 0.25) is 0 Å². The third kappa shape index (κ3) is 5.99. The summed E-state index contributed by atoms with van der Waals surface area (Å²) >= 11 is 0. The van der Waals surface area contributed by atoms with Gasteiger partial charge in [0.1, 0.15) is 22.8 Å². The largest absolute Gasteiger partial charge is 0.412 e. The molecule has 2 atom stereocenters. The average molecular weight is 489 g/mol. The molecular weight excluding hydrogens is 460 g/mol. The fourth-order valence-corrected chi connectivity index (χ4v) is 5.26. The van der Waals surface area contributed by atoms with Gasteiger partial charge in [-0.25, -0.2) is 12.9 Å². The monoisotopic (exact) mass is 488 g/mol. The number of hydrogen-bond acceptors (Lipinski definition) is 2. The number of alkyl halides is 3. The average Bonchev–Trinajstić information content (AvgIpc) is 2.75. The molecule has 2 unspecified atom stereocenters. The summed E-state index contributed by atoms with van der Waals surface area (Å²) in [4.78, 5) is 14.3. The topological polar surface area (TPSA) is 72.1 Å². The molecule has 1 aliphatic heterocycles. The van der Waals surface area contributed by atoms with Crippen molar-refractivity contribution in [1.29, 1.82) is 0 Å². The van der Waals surface area contributed by atoms with Crippen LogP contribution in [0.25, 0.3) is 0 Å². The highest BCUT2D eigenvalue weighted by molar-refractivity contribution is 7.82. The summed E-state index contributed by atoms with van der Waals surface area (Å²) in [6, 6.07) is 6.89. The van der Waals surface area contributed by atoms with Gasteiger partial charge in [0.15, 0.2) is 0 Å². The van der Waals surface area contributed by atoms with Crippen molar-refractivity contribution in [2.24, 2.45) is 5.92 Å². The van der Waals surface area contributed by atoms with E-state index in [1.807, 2.05) is 13.8 Å². The molecular formula is C23H28F4N2O3S. The van der Waals surface area contributed by atoms with Gasteiger partial charge in [0.05, 0.1) is 4.90 Å². The van der Waals surface area contributed by atoms with Crippen LogP contribution in [0.3, 0.4) is 0 Å². The number of amides is 1. The molecule has 10 heteroatoms. The molecule has 1 aliphatic rings. The van der Waals surface area contributed by atoms with Crippen molar-refractivity contribution in [3.63, 3.8) is 0 Å². The van der Waals surface area contributed by atoms with Gasteiger partial charge in [0, 0.05) is 25.6 Å². The van der Waals surface area contributed by atoms with Gasteiger partial charge in [0.25, 0.3) is 0 Å². The highest BCUT2D eigenvalue weighted by Gasteiger charge is 2.46. The summed E-state index contributed by atoms with van der Waals surface area (Å²) in [7, 11) is -2.12. The van der Waals surface area contributed by atoms with Gasteiger partial charge in [-0.15, -0.1) is 0 Å². The number of halogens is 4. The van der Waals surface area contributed by atoms with Crippen LogP contribution in [0.1, 0.15) is 43.5 Å². The standard InChI is InChI=1S/C23H26F4N2O2S.H2O/c1-4-29(21(23(25,26)27)17-5-8-19(24)9-6-17)32(31)20-10-7-16-11-12-28(14-18(16)13-20)22(30)15(2)3;/h5-10,13,15,21H,4,11-12,14H2,1-3H3;1H2. The third-order valence-corrected chi connectivity index (χ3v) is 7.06. The highest BCUT2D eigenvalue weighted by atomic mass is 32.2. The number of fused-ring (bicyclic) bond motifs is 1. The molecule has 1 heterocycles. The Hall–Kier alpha value is -2.30. The zero-order chi connectivity index (χ0) is 23.6. The minimum absolute atomic E-state index is 0. The van der Waals surface area contributed by atoms with Crippen LogP contribution in [-0.2, 0) is 28.7 Å². The van der Waals surface area contributed by atoms with E-state index < -0.39 is 29.0 Å².